The average molecular weight is 558 g/mol. The number of hydrogen-bond acceptors (Lipinski definition) is 4. The van der Waals surface area contributed by atoms with Gasteiger partial charge in [-0.05, 0) is 57.0 Å². The molecule has 1 aromatic rings. The van der Waals surface area contributed by atoms with Gasteiger partial charge >= 0.3 is 6.18 Å². The van der Waals surface area contributed by atoms with Gasteiger partial charge in [-0.25, -0.2) is 0 Å². The summed E-state index contributed by atoms with van der Waals surface area (Å²) in [7, 11) is 1.66. The molecule has 0 spiro atoms. The van der Waals surface area contributed by atoms with Crippen LogP contribution < -0.4 is 15.4 Å². The molecular weight excluding hydrogens is 524 g/mol. The minimum absolute atomic E-state index is 0. The predicted octanol–water partition coefficient (Wildman–Crippen LogP) is 3.97. The first-order valence-corrected chi connectivity index (χ1v) is 10.5. The van der Waals surface area contributed by atoms with E-state index in [0.29, 0.717) is 32.0 Å². The topological polar surface area (TPSA) is 58.1 Å². The maximum absolute atomic E-state index is 12.1. The van der Waals surface area contributed by atoms with Gasteiger partial charge in [-0.3, -0.25) is 9.89 Å². The summed E-state index contributed by atoms with van der Waals surface area (Å²) in [4.78, 5) is 7.18. The summed E-state index contributed by atoms with van der Waals surface area (Å²) in [5.74, 6) is 1.48. The van der Waals surface area contributed by atoms with Crippen LogP contribution in [0.5, 0.6) is 5.75 Å². The highest BCUT2D eigenvalue weighted by molar-refractivity contribution is 14.0. The number of nitrogens with zero attached hydrogens (tertiary/aromatic N) is 2. The molecule has 1 aliphatic heterocycles. The Bertz CT molecular complexity index is 656. The van der Waals surface area contributed by atoms with E-state index in [2.05, 4.69) is 32.4 Å². The second-order valence-corrected chi connectivity index (χ2v) is 7.20. The first kappa shape index (κ1) is 27.8. The van der Waals surface area contributed by atoms with Gasteiger partial charge in [-0.2, -0.15) is 13.2 Å². The fourth-order valence-electron chi connectivity index (χ4n) is 3.42. The first-order valence-electron chi connectivity index (χ1n) is 10.5. The number of aliphatic imine (C=N–C) groups is 1. The van der Waals surface area contributed by atoms with E-state index in [-0.39, 0.29) is 36.6 Å². The first-order chi connectivity index (χ1) is 14.4. The monoisotopic (exact) mass is 558 g/mol. The Morgan fingerprint density at radius 3 is 2.61 bits per heavy atom. The summed E-state index contributed by atoms with van der Waals surface area (Å²) >= 11 is 0. The number of benzene rings is 1. The van der Waals surface area contributed by atoms with E-state index < -0.39 is 12.8 Å². The van der Waals surface area contributed by atoms with Crippen molar-refractivity contribution in [3.8, 4) is 5.75 Å². The molecule has 1 atom stereocenters. The maximum atomic E-state index is 12.1. The van der Waals surface area contributed by atoms with Gasteiger partial charge in [0, 0.05) is 19.7 Å². The third-order valence-corrected chi connectivity index (χ3v) is 4.85. The molecule has 2 rings (SSSR count). The molecule has 1 fully saturated rings. The lowest BCUT2D eigenvalue weighted by Crippen LogP contribution is -2.39. The quantitative estimate of drug-likeness (QED) is 0.186. The van der Waals surface area contributed by atoms with Crippen molar-refractivity contribution in [2.75, 3.05) is 53.0 Å². The normalized spacial score (nSPS) is 16.0. The highest BCUT2D eigenvalue weighted by Gasteiger charge is 2.27. The fraction of sp³-hybridized carbons (Fsp3) is 0.667. The minimum atomic E-state index is -4.28. The average Bonchev–Trinajstić information content (AvgIpc) is 3.24. The SMILES string of the molecule is CCNC(=NCC(c1cccc(OC)c1)N1CCCC1)NCCCOCC(F)(F)F.I. The molecule has 0 radical (unpaired) electrons. The van der Waals surface area contributed by atoms with E-state index in [4.69, 9.17) is 9.73 Å². The van der Waals surface area contributed by atoms with E-state index in [1.54, 1.807) is 7.11 Å². The molecule has 0 bridgehead atoms. The second-order valence-electron chi connectivity index (χ2n) is 7.20. The maximum Gasteiger partial charge on any atom is 0.411 e. The molecule has 1 aliphatic rings. The Morgan fingerprint density at radius 1 is 1.23 bits per heavy atom. The van der Waals surface area contributed by atoms with Crippen LogP contribution in [0.1, 0.15) is 37.8 Å². The van der Waals surface area contributed by atoms with Crippen LogP contribution in [0, 0.1) is 0 Å². The van der Waals surface area contributed by atoms with Crippen molar-refractivity contribution >= 4 is 29.9 Å². The van der Waals surface area contributed by atoms with Crippen LogP contribution in [0.4, 0.5) is 13.2 Å². The number of hydrogen-bond donors (Lipinski definition) is 2. The lowest BCUT2D eigenvalue weighted by Gasteiger charge is -2.27. The van der Waals surface area contributed by atoms with Crippen LogP contribution in [-0.4, -0.2) is 70.1 Å². The molecule has 2 N–H and O–H groups in total. The minimum Gasteiger partial charge on any atom is -0.497 e. The van der Waals surface area contributed by atoms with E-state index in [1.165, 1.54) is 12.8 Å². The number of alkyl halides is 3. The van der Waals surface area contributed by atoms with Crippen molar-refractivity contribution in [2.24, 2.45) is 4.99 Å². The van der Waals surface area contributed by atoms with Gasteiger partial charge in [-0.15, -0.1) is 24.0 Å². The van der Waals surface area contributed by atoms with Gasteiger partial charge < -0.3 is 20.1 Å². The summed E-state index contributed by atoms with van der Waals surface area (Å²) in [6, 6.07) is 8.22. The third kappa shape index (κ3) is 10.7. The Kier molecular flexibility index (Phi) is 13.2. The Morgan fingerprint density at radius 2 is 1.97 bits per heavy atom. The van der Waals surface area contributed by atoms with Gasteiger partial charge in [0.1, 0.15) is 12.4 Å². The highest BCUT2D eigenvalue weighted by Crippen LogP contribution is 2.27. The summed E-state index contributed by atoms with van der Waals surface area (Å²) in [5, 5.41) is 6.37. The number of likely N-dealkylation sites (tertiary alicyclic amines) is 1. The zero-order chi connectivity index (χ0) is 21.8. The van der Waals surface area contributed by atoms with E-state index >= 15 is 0 Å². The standard InChI is InChI=1S/C21H33F3N4O2.HI/c1-3-25-20(26-10-7-13-30-16-21(22,23)24)27-15-19(28-11-4-5-12-28)17-8-6-9-18(14-17)29-2;/h6,8-9,14,19H,3-5,7,10-13,15-16H2,1-2H3,(H2,25,26,27);1H. The van der Waals surface area contributed by atoms with Gasteiger partial charge in [0.15, 0.2) is 5.96 Å². The molecule has 1 aromatic carbocycles. The molecule has 10 heteroatoms. The molecule has 1 unspecified atom stereocenters. The summed E-state index contributed by atoms with van der Waals surface area (Å²) in [6.07, 6.45) is -1.46. The van der Waals surface area contributed by atoms with Crippen molar-refractivity contribution < 1.29 is 22.6 Å². The van der Waals surface area contributed by atoms with Crippen molar-refractivity contribution in [2.45, 2.75) is 38.4 Å². The zero-order valence-corrected chi connectivity index (χ0v) is 20.5. The van der Waals surface area contributed by atoms with Crippen LogP contribution in [-0.2, 0) is 4.74 Å². The Labute approximate surface area is 200 Å². The van der Waals surface area contributed by atoms with E-state index in [1.807, 2.05) is 19.1 Å². The number of ether oxygens (including phenoxy) is 2. The number of nitrogens with one attached hydrogen (secondary N) is 2. The predicted molar refractivity (Wildman–Crippen MR) is 127 cm³/mol. The van der Waals surface area contributed by atoms with E-state index in [9.17, 15) is 13.2 Å². The molecule has 0 amide bonds. The second kappa shape index (κ2) is 14.7. The lowest BCUT2D eigenvalue weighted by molar-refractivity contribution is -0.173. The third-order valence-electron chi connectivity index (χ3n) is 4.85. The summed E-state index contributed by atoms with van der Waals surface area (Å²) in [5.41, 5.74) is 1.16. The number of halogens is 4. The molecule has 1 saturated heterocycles. The van der Waals surface area contributed by atoms with Crippen LogP contribution in [0.15, 0.2) is 29.3 Å². The molecule has 0 aliphatic carbocycles. The Hall–Kier alpha value is -1.27. The number of guanidine groups is 1. The molecular formula is C21H34F3IN4O2. The smallest absolute Gasteiger partial charge is 0.411 e. The summed E-state index contributed by atoms with van der Waals surface area (Å²) < 4.78 is 46.3. The molecule has 0 aromatic heterocycles. The number of methoxy groups -OCH3 is 1. The highest BCUT2D eigenvalue weighted by atomic mass is 127. The van der Waals surface area contributed by atoms with Gasteiger partial charge in [0.25, 0.3) is 0 Å². The van der Waals surface area contributed by atoms with Crippen LogP contribution in [0.25, 0.3) is 0 Å². The molecule has 1 heterocycles. The molecule has 31 heavy (non-hydrogen) atoms. The van der Waals surface area contributed by atoms with Crippen LogP contribution in [0.3, 0.4) is 0 Å². The molecule has 178 valence electrons. The van der Waals surface area contributed by atoms with Crippen molar-refractivity contribution in [1.29, 1.82) is 0 Å². The van der Waals surface area contributed by atoms with E-state index in [0.717, 1.165) is 24.4 Å². The number of rotatable bonds is 11. The largest absolute Gasteiger partial charge is 0.497 e. The molecule has 6 nitrogen and oxygen atoms in total. The van der Waals surface area contributed by atoms with Crippen molar-refractivity contribution in [3.05, 3.63) is 29.8 Å². The fourth-order valence-corrected chi connectivity index (χ4v) is 3.42. The Balaban J connectivity index is 0.00000480. The van der Waals surface area contributed by atoms with Crippen LogP contribution >= 0.6 is 24.0 Å². The van der Waals surface area contributed by atoms with Crippen LogP contribution in [0.2, 0.25) is 0 Å². The van der Waals surface area contributed by atoms with Gasteiger partial charge in [-0.1, -0.05) is 12.1 Å². The lowest BCUT2D eigenvalue weighted by atomic mass is 10.1. The summed E-state index contributed by atoms with van der Waals surface area (Å²) in [6.45, 7) is 4.65. The van der Waals surface area contributed by atoms with Gasteiger partial charge in [0.05, 0.1) is 19.7 Å². The van der Waals surface area contributed by atoms with Gasteiger partial charge in [0.2, 0.25) is 0 Å². The zero-order valence-electron chi connectivity index (χ0n) is 18.2. The molecule has 0 saturated carbocycles. The van der Waals surface area contributed by atoms with Crippen molar-refractivity contribution in [3.63, 3.8) is 0 Å². The van der Waals surface area contributed by atoms with Crippen molar-refractivity contribution in [1.82, 2.24) is 15.5 Å².